The molecule has 2 nitrogen and oxygen atoms in total. The fourth-order valence-corrected chi connectivity index (χ4v) is 2.01. The van der Waals surface area contributed by atoms with Crippen molar-refractivity contribution in [2.75, 3.05) is 32.1 Å². The third kappa shape index (κ3) is 6.68. The van der Waals surface area contributed by atoms with Gasteiger partial charge in [-0.2, -0.15) is 11.8 Å². The highest BCUT2D eigenvalue weighted by molar-refractivity contribution is 7.98. The second-order valence-corrected chi connectivity index (χ2v) is 6.11. The molecule has 1 atom stereocenters. The van der Waals surface area contributed by atoms with Crippen molar-refractivity contribution in [3.63, 3.8) is 0 Å². The Hall–Kier alpha value is 0.270. The molecular formula is C11H26N2S. The van der Waals surface area contributed by atoms with Crippen LogP contribution in [-0.4, -0.2) is 43.1 Å². The summed E-state index contributed by atoms with van der Waals surface area (Å²) in [4.78, 5) is 2.39. The lowest BCUT2D eigenvalue weighted by Crippen LogP contribution is -2.41. The second-order valence-electron chi connectivity index (χ2n) is 5.13. The van der Waals surface area contributed by atoms with Crippen LogP contribution in [-0.2, 0) is 0 Å². The molecule has 0 fully saturated rings. The van der Waals surface area contributed by atoms with Crippen LogP contribution in [0.25, 0.3) is 0 Å². The largest absolute Gasteiger partial charge is 0.329 e. The van der Waals surface area contributed by atoms with Gasteiger partial charge in [0.1, 0.15) is 0 Å². The van der Waals surface area contributed by atoms with Crippen molar-refractivity contribution in [1.29, 1.82) is 0 Å². The van der Waals surface area contributed by atoms with Crippen molar-refractivity contribution in [1.82, 2.24) is 4.90 Å². The molecule has 0 spiro atoms. The normalized spacial score (nSPS) is 14.8. The van der Waals surface area contributed by atoms with Crippen molar-refractivity contribution in [3.05, 3.63) is 0 Å². The third-order valence-corrected chi connectivity index (χ3v) is 2.98. The lowest BCUT2D eigenvalue weighted by atomic mass is 9.87. The smallest absolute Gasteiger partial charge is 0.0220 e. The topological polar surface area (TPSA) is 29.3 Å². The van der Waals surface area contributed by atoms with Gasteiger partial charge in [-0.05, 0) is 25.1 Å². The molecule has 2 N–H and O–H groups in total. The molecule has 0 radical (unpaired) electrons. The maximum atomic E-state index is 5.80. The maximum absolute atomic E-state index is 5.80. The molecule has 0 aromatic heterocycles. The highest BCUT2D eigenvalue weighted by atomic mass is 32.2. The van der Waals surface area contributed by atoms with Gasteiger partial charge in [-0.1, -0.05) is 20.8 Å². The van der Waals surface area contributed by atoms with E-state index >= 15 is 0 Å². The fourth-order valence-electron chi connectivity index (χ4n) is 1.54. The summed E-state index contributed by atoms with van der Waals surface area (Å²) in [6, 6.07) is 0.530. The highest BCUT2D eigenvalue weighted by Crippen LogP contribution is 2.22. The van der Waals surface area contributed by atoms with Crippen LogP contribution in [0.4, 0.5) is 0 Å². The van der Waals surface area contributed by atoms with Crippen LogP contribution >= 0.6 is 11.8 Å². The van der Waals surface area contributed by atoms with Crippen LogP contribution in [0, 0.1) is 5.41 Å². The van der Waals surface area contributed by atoms with Crippen molar-refractivity contribution in [2.24, 2.45) is 11.1 Å². The van der Waals surface area contributed by atoms with E-state index in [1.165, 1.54) is 12.2 Å². The first-order valence-corrected chi connectivity index (χ1v) is 6.69. The summed E-state index contributed by atoms with van der Waals surface area (Å²) in [5.74, 6) is 1.19. The minimum Gasteiger partial charge on any atom is -0.329 e. The molecule has 86 valence electrons. The fraction of sp³-hybridized carbons (Fsp3) is 1.00. The van der Waals surface area contributed by atoms with Gasteiger partial charge in [0.05, 0.1) is 0 Å². The van der Waals surface area contributed by atoms with Crippen LogP contribution in [0.3, 0.4) is 0 Å². The zero-order chi connectivity index (χ0) is 11.2. The Morgan fingerprint density at radius 2 is 1.93 bits per heavy atom. The van der Waals surface area contributed by atoms with Gasteiger partial charge >= 0.3 is 0 Å². The highest BCUT2D eigenvalue weighted by Gasteiger charge is 2.20. The van der Waals surface area contributed by atoms with Crippen LogP contribution in [0.5, 0.6) is 0 Å². The Morgan fingerprint density at radius 1 is 1.36 bits per heavy atom. The Morgan fingerprint density at radius 3 is 2.29 bits per heavy atom. The standard InChI is InChI=1S/C11H26N2S/c1-11(2,3)8-10(9-12)13(4)6-7-14-5/h10H,6-9,12H2,1-5H3. The zero-order valence-corrected chi connectivity index (χ0v) is 11.2. The van der Waals surface area contributed by atoms with Gasteiger partial charge in [0.25, 0.3) is 0 Å². The Labute approximate surface area is 93.6 Å². The molecule has 0 aromatic rings. The van der Waals surface area contributed by atoms with E-state index in [-0.39, 0.29) is 0 Å². The Bertz CT molecular complexity index is 143. The van der Waals surface area contributed by atoms with E-state index in [1.54, 1.807) is 0 Å². The zero-order valence-electron chi connectivity index (χ0n) is 10.3. The second kappa shape index (κ2) is 6.70. The molecule has 14 heavy (non-hydrogen) atoms. The van der Waals surface area contributed by atoms with Crippen LogP contribution in [0.2, 0.25) is 0 Å². The Kier molecular flexibility index (Phi) is 6.83. The van der Waals surface area contributed by atoms with E-state index in [9.17, 15) is 0 Å². The minimum atomic E-state index is 0.373. The first-order valence-electron chi connectivity index (χ1n) is 5.30. The first-order chi connectivity index (χ1) is 6.40. The summed E-state index contributed by atoms with van der Waals surface area (Å²) < 4.78 is 0. The van der Waals surface area contributed by atoms with E-state index in [1.807, 2.05) is 11.8 Å². The van der Waals surface area contributed by atoms with Crippen LogP contribution < -0.4 is 5.73 Å². The minimum absolute atomic E-state index is 0.373. The SMILES string of the molecule is CSCCN(C)C(CN)CC(C)(C)C. The van der Waals surface area contributed by atoms with Gasteiger partial charge in [-0.15, -0.1) is 0 Å². The summed E-state index contributed by atoms with van der Waals surface area (Å²) in [5, 5.41) is 0. The average molecular weight is 218 g/mol. The molecule has 0 saturated heterocycles. The number of hydrogen-bond donors (Lipinski definition) is 1. The predicted molar refractivity (Wildman–Crippen MR) is 67.9 cm³/mol. The molecule has 0 aromatic carbocycles. The Balaban J connectivity index is 3.99. The number of thioether (sulfide) groups is 1. The summed E-state index contributed by atoms with van der Waals surface area (Å²) in [5.41, 5.74) is 6.18. The van der Waals surface area contributed by atoms with E-state index in [4.69, 9.17) is 5.73 Å². The molecule has 0 aliphatic rings. The molecule has 0 amide bonds. The van der Waals surface area contributed by atoms with Crippen LogP contribution in [0.1, 0.15) is 27.2 Å². The lowest BCUT2D eigenvalue weighted by Gasteiger charge is -2.32. The summed E-state index contributed by atoms with van der Waals surface area (Å²) in [6.07, 6.45) is 3.32. The molecule has 1 unspecified atom stereocenters. The molecule has 3 heteroatoms. The number of nitrogens with two attached hydrogens (primary N) is 1. The maximum Gasteiger partial charge on any atom is 0.0220 e. The molecular weight excluding hydrogens is 192 g/mol. The van der Waals surface area contributed by atoms with Gasteiger partial charge < -0.3 is 10.6 Å². The summed E-state index contributed by atoms with van der Waals surface area (Å²) in [6.45, 7) is 8.73. The first kappa shape index (κ1) is 14.3. The molecule has 0 bridgehead atoms. The van der Waals surface area contributed by atoms with Gasteiger partial charge in [0.15, 0.2) is 0 Å². The average Bonchev–Trinajstić information content (AvgIpc) is 2.08. The summed E-state index contributed by atoms with van der Waals surface area (Å²) >= 11 is 1.89. The van der Waals surface area contributed by atoms with Crippen molar-refractivity contribution >= 4 is 11.8 Å². The van der Waals surface area contributed by atoms with E-state index in [0.717, 1.165) is 13.1 Å². The number of likely N-dealkylation sites (N-methyl/N-ethyl adjacent to an activating group) is 1. The van der Waals surface area contributed by atoms with Gasteiger partial charge in [0, 0.05) is 24.9 Å². The van der Waals surface area contributed by atoms with E-state index < -0.39 is 0 Å². The third-order valence-electron chi connectivity index (χ3n) is 2.39. The molecule has 0 rings (SSSR count). The molecule has 0 aliphatic carbocycles. The lowest BCUT2D eigenvalue weighted by molar-refractivity contribution is 0.192. The van der Waals surface area contributed by atoms with Crippen molar-refractivity contribution in [2.45, 2.75) is 33.2 Å². The number of hydrogen-bond acceptors (Lipinski definition) is 3. The summed E-state index contributed by atoms with van der Waals surface area (Å²) in [7, 11) is 2.18. The molecule has 0 aliphatic heterocycles. The van der Waals surface area contributed by atoms with Crippen molar-refractivity contribution in [3.8, 4) is 0 Å². The molecule has 0 heterocycles. The predicted octanol–water partition coefficient (Wildman–Crippen LogP) is 2.04. The van der Waals surface area contributed by atoms with E-state index in [2.05, 4.69) is 39.0 Å². The van der Waals surface area contributed by atoms with Crippen molar-refractivity contribution < 1.29 is 0 Å². The van der Waals surface area contributed by atoms with Gasteiger partial charge in [0.2, 0.25) is 0 Å². The molecule has 0 saturated carbocycles. The van der Waals surface area contributed by atoms with E-state index in [0.29, 0.717) is 11.5 Å². The van der Waals surface area contributed by atoms with Gasteiger partial charge in [-0.25, -0.2) is 0 Å². The quantitative estimate of drug-likeness (QED) is 0.740. The monoisotopic (exact) mass is 218 g/mol. The van der Waals surface area contributed by atoms with Gasteiger partial charge in [-0.3, -0.25) is 0 Å². The number of rotatable bonds is 6. The van der Waals surface area contributed by atoms with Crippen LogP contribution in [0.15, 0.2) is 0 Å². The number of nitrogens with zero attached hydrogens (tertiary/aromatic N) is 1.